The Balaban J connectivity index is 1.40. The summed E-state index contributed by atoms with van der Waals surface area (Å²) in [6.07, 6.45) is 2.79. The minimum atomic E-state index is 0.552. The highest BCUT2D eigenvalue weighted by Gasteiger charge is 2.14. The van der Waals surface area contributed by atoms with Crippen molar-refractivity contribution in [2.75, 3.05) is 6.54 Å². The smallest absolute Gasteiger partial charge is 0.160 e. The first-order valence-corrected chi connectivity index (χ1v) is 10.3. The molecule has 0 aliphatic rings. The first kappa shape index (κ1) is 19.9. The van der Waals surface area contributed by atoms with Gasteiger partial charge in [-0.1, -0.05) is 35.3 Å². The highest BCUT2D eigenvalue weighted by Crippen LogP contribution is 2.26. The molecule has 0 radical (unpaired) electrons. The third-order valence-corrected chi connectivity index (χ3v) is 5.82. The lowest BCUT2D eigenvalue weighted by atomic mass is 10.2. The van der Waals surface area contributed by atoms with Crippen LogP contribution in [-0.4, -0.2) is 30.9 Å². The number of nitrogens with one attached hydrogen (secondary N) is 1. The van der Waals surface area contributed by atoms with E-state index in [4.69, 9.17) is 28.3 Å². The topological polar surface area (TPSA) is 60.0 Å². The van der Waals surface area contributed by atoms with Gasteiger partial charge in [0.25, 0.3) is 0 Å². The molecule has 0 aliphatic heterocycles. The maximum absolute atomic E-state index is 6.32. The van der Waals surface area contributed by atoms with Gasteiger partial charge in [-0.2, -0.15) is 5.10 Å². The van der Waals surface area contributed by atoms with Crippen LogP contribution in [0.5, 0.6) is 0 Å². The van der Waals surface area contributed by atoms with Crippen LogP contribution in [0.2, 0.25) is 10.0 Å². The van der Waals surface area contributed by atoms with Crippen molar-refractivity contribution in [1.29, 1.82) is 0 Å². The van der Waals surface area contributed by atoms with Crippen molar-refractivity contribution in [3.63, 3.8) is 0 Å². The van der Waals surface area contributed by atoms with Gasteiger partial charge in [0.2, 0.25) is 0 Å². The Morgan fingerprint density at radius 1 is 0.966 bits per heavy atom. The number of hydrogen-bond acceptors (Lipinski definition) is 4. The first-order chi connectivity index (χ1) is 14.0. The molecule has 6 nitrogen and oxygen atoms in total. The Morgan fingerprint density at radius 2 is 1.76 bits per heavy atom. The molecule has 1 aromatic carbocycles. The molecule has 150 valence electrons. The Kier molecular flexibility index (Phi) is 5.85. The number of nitrogens with zero attached hydrogens (tertiary/aromatic N) is 5. The van der Waals surface area contributed by atoms with Crippen LogP contribution >= 0.6 is 23.2 Å². The lowest BCUT2D eigenvalue weighted by molar-refractivity contribution is 0.648. The maximum atomic E-state index is 6.32. The molecule has 29 heavy (non-hydrogen) atoms. The summed E-state index contributed by atoms with van der Waals surface area (Å²) in [6, 6.07) is 11.5. The van der Waals surface area contributed by atoms with Crippen molar-refractivity contribution in [3.05, 3.63) is 81.0 Å². The van der Waals surface area contributed by atoms with Crippen LogP contribution in [0, 0.1) is 13.8 Å². The van der Waals surface area contributed by atoms with Gasteiger partial charge in [-0.25, -0.2) is 0 Å². The fourth-order valence-electron chi connectivity index (χ4n) is 3.45. The fourth-order valence-corrected chi connectivity index (χ4v) is 3.97. The van der Waals surface area contributed by atoms with Gasteiger partial charge in [0.1, 0.15) is 5.82 Å². The molecule has 0 saturated carbocycles. The van der Waals surface area contributed by atoms with Crippen LogP contribution in [-0.2, 0) is 19.5 Å². The van der Waals surface area contributed by atoms with Crippen molar-refractivity contribution >= 4 is 28.8 Å². The second-order valence-corrected chi connectivity index (χ2v) is 7.79. The van der Waals surface area contributed by atoms with E-state index in [0.29, 0.717) is 16.6 Å². The summed E-state index contributed by atoms with van der Waals surface area (Å²) in [5.74, 6) is 0.950. The summed E-state index contributed by atoms with van der Waals surface area (Å²) in [5.41, 5.74) is 5.07. The van der Waals surface area contributed by atoms with Crippen LogP contribution in [0.15, 0.2) is 42.6 Å². The number of benzene rings is 1. The van der Waals surface area contributed by atoms with Crippen LogP contribution in [0.4, 0.5) is 0 Å². The molecule has 0 amide bonds. The zero-order valence-electron chi connectivity index (χ0n) is 16.4. The largest absolute Gasteiger partial charge is 0.312 e. The van der Waals surface area contributed by atoms with Gasteiger partial charge in [-0.05, 0) is 38.1 Å². The Bertz CT molecular complexity index is 1130. The summed E-state index contributed by atoms with van der Waals surface area (Å²) in [4.78, 5) is 0. The normalized spacial score (nSPS) is 11.4. The average Bonchev–Trinajstić information content (AvgIpc) is 3.23. The van der Waals surface area contributed by atoms with E-state index >= 15 is 0 Å². The molecule has 0 unspecified atom stereocenters. The van der Waals surface area contributed by atoms with Crippen molar-refractivity contribution in [2.24, 2.45) is 0 Å². The van der Waals surface area contributed by atoms with Gasteiger partial charge in [-0.15, -0.1) is 10.2 Å². The summed E-state index contributed by atoms with van der Waals surface area (Å²) < 4.78 is 3.98. The zero-order chi connectivity index (χ0) is 20.4. The summed E-state index contributed by atoms with van der Waals surface area (Å²) in [7, 11) is 0. The van der Waals surface area contributed by atoms with E-state index in [2.05, 4.69) is 22.4 Å². The molecule has 0 spiro atoms. The fraction of sp³-hybridized carbons (Fsp3) is 0.286. The van der Waals surface area contributed by atoms with Gasteiger partial charge in [0.15, 0.2) is 5.65 Å². The van der Waals surface area contributed by atoms with Crippen molar-refractivity contribution in [2.45, 2.75) is 33.4 Å². The number of aryl methyl sites for hydroxylation is 1. The predicted molar refractivity (Wildman–Crippen MR) is 116 cm³/mol. The third-order valence-electron chi connectivity index (χ3n) is 5.11. The molecule has 0 atom stereocenters. The van der Waals surface area contributed by atoms with Crippen molar-refractivity contribution in [1.82, 2.24) is 29.7 Å². The highest BCUT2D eigenvalue weighted by atomic mass is 35.5. The number of pyridine rings is 1. The van der Waals surface area contributed by atoms with Crippen LogP contribution < -0.4 is 5.32 Å². The van der Waals surface area contributed by atoms with Crippen molar-refractivity contribution in [3.8, 4) is 0 Å². The minimum Gasteiger partial charge on any atom is -0.312 e. The molecule has 3 heterocycles. The summed E-state index contributed by atoms with van der Waals surface area (Å²) in [6.45, 7) is 6.20. The van der Waals surface area contributed by atoms with Crippen LogP contribution in [0.25, 0.3) is 5.65 Å². The number of hydrogen-bond donors (Lipinski definition) is 1. The molecule has 8 heteroatoms. The Labute approximate surface area is 179 Å². The number of halogens is 2. The molecule has 0 saturated heterocycles. The van der Waals surface area contributed by atoms with Gasteiger partial charge < -0.3 is 5.32 Å². The van der Waals surface area contributed by atoms with E-state index < -0.39 is 0 Å². The quantitative estimate of drug-likeness (QED) is 0.447. The Morgan fingerprint density at radius 3 is 2.55 bits per heavy atom. The average molecular weight is 429 g/mol. The van der Waals surface area contributed by atoms with Crippen LogP contribution in [0.3, 0.4) is 0 Å². The monoisotopic (exact) mass is 428 g/mol. The van der Waals surface area contributed by atoms with Gasteiger partial charge in [-0.3, -0.25) is 9.08 Å². The standard InChI is InChI=1S/C21H22Cl2N6/c1-14-16(12-24-10-9-21-26-25-20-8-3-4-11-28(20)21)15(2)29(27-14)13-17-18(22)6-5-7-19(17)23/h3-8,11,24H,9-10,12-13H2,1-2H3. The van der Waals surface area contributed by atoms with E-state index in [0.717, 1.165) is 47.9 Å². The second-order valence-electron chi connectivity index (χ2n) is 6.98. The molecule has 0 fully saturated rings. The van der Waals surface area contributed by atoms with E-state index in [1.807, 2.05) is 58.6 Å². The lowest BCUT2D eigenvalue weighted by Gasteiger charge is -2.09. The van der Waals surface area contributed by atoms with E-state index in [1.165, 1.54) is 5.56 Å². The lowest BCUT2D eigenvalue weighted by Crippen LogP contribution is -2.18. The molecule has 4 rings (SSSR count). The second kappa shape index (κ2) is 8.53. The van der Waals surface area contributed by atoms with Crippen molar-refractivity contribution < 1.29 is 0 Å². The van der Waals surface area contributed by atoms with Gasteiger partial charge in [0.05, 0.1) is 12.2 Å². The SMILES string of the molecule is Cc1nn(Cc2c(Cl)cccc2Cl)c(C)c1CNCCc1nnc2ccccn12. The van der Waals surface area contributed by atoms with Gasteiger partial charge >= 0.3 is 0 Å². The first-order valence-electron chi connectivity index (χ1n) is 9.49. The van der Waals surface area contributed by atoms with Gasteiger partial charge in [0, 0.05) is 52.6 Å². The summed E-state index contributed by atoms with van der Waals surface area (Å²) in [5, 5.41) is 18.0. The maximum Gasteiger partial charge on any atom is 0.160 e. The highest BCUT2D eigenvalue weighted by molar-refractivity contribution is 6.35. The molecular weight excluding hydrogens is 407 g/mol. The van der Waals surface area contributed by atoms with Crippen LogP contribution in [0.1, 0.15) is 28.3 Å². The number of aromatic nitrogens is 5. The Hall–Kier alpha value is -2.41. The molecule has 4 aromatic rings. The predicted octanol–water partition coefficient (Wildman–Crippen LogP) is 4.23. The van der Waals surface area contributed by atoms with E-state index in [-0.39, 0.29) is 0 Å². The molecule has 1 N–H and O–H groups in total. The third kappa shape index (κ3) is 4.15. The summed E-state index contributed by atoms with van der Waals surface area (Å²) >= 11 is 12.6. The molecular formula is C21H22Cl2N6. The van der Waals surface area contributed by atoms with E-state index in [9.17, 15) is 0 Å². The molecule has 0 bridgehead atoms. The minimum absolute atomic E-state index is 0.552. The zero-order valence-corrected chi connectivity index (χ0v) is 17.9. The molecule has 3 aromatic heterocycles. The molecule has 0 aliphatic carbocycles. The number of rotatable bonds is 7. The van der Waals surface area contributed by atoms with E-state index in [1.54, 1.807) is 0 Å². The number of fused-ring (bicyclic) bond motifs is 1.